The summed E-state index contributed by atoms with van der Waals surface area (Å²) >= 11 is 6.92. The third-order valence-corrected chi connectivity index (χ3v) is 7.28. The van der Waals surface area contributed by atoms with E-state index in [4.69, 9.17) is 17.3 Å². The van der Waals surface area contributed by atoms with Crippen molar-refractivity contribution in [1.29, 1.82) is 0 Å². The number of pyridine rings is 1. The fourth-order valence-corrected chi connectivity index (χ4v) is 5.71. The molecule has 2 aromatic heterocycles. The number of hydrogen-bond acceptors (Lipinski definition) is 7. The molecule has 5 rings (SSSR count). The van der Waals surface area contributed by atoms with E-state index in [2.05, 4.69) is 20.4 Å². The molecule has 3 heterocycles. The average molecular weight is 486 g/mol. The highest BCUT2D eigenvalue weighted by Gasteiger charge is 2.53. The van der Waals surface area contributed by atoms with Crippen LogP contribution in [-0.4, -0.2) is 61.9 Å². The molecule has 34 heavy (non-hydrogen) atoms. The average Bonchev–Trinajstić information content (AvgIpc) is 3.50. The van der Waals surface area contributed by atoms with Gasteiger partial charge < -0.3 is 21.1 Å². The molecule has 0 unspecified atom stereocenters. The molecule has 2 atom stereocenters. The first kappa shape index (κ1) is 22.5. The topological polar surface area (TPSA) is 122 Å². The second-order valence-electron chi connectivity index (χ2n) is 9.43. The van der Waals surface area contributed by atoms with E-state index in [1.165, 1.54) is 43.7 Å². The van der Waals surface area contributed by atoms with Crippen molar-refractivity contribution in [2.75, 3.05) is 31.7 Å². The lowest BCUT2D eigenvalue weighted by Crippen LogP contribution is -2.35. The molecule has 1 aliphatic heterocycles. The Kier molecular flexibility index (Phi) is 5.25. The van der Waals surface area contributed by atoms with Gasteiger partial charge in [0.2, 0.25) is 0 Å². The number of nitrogens with one attached hydrogen (secondary N) is 1. The maximum atomic E-state index is 15.6. The Morgan fingerprint density at radius 2 is 2.15 bits per heavy atom. The lowest BCUT2D eigenvalue weighted by Gasteiger charge is -2.28. The summed E-state index contributed by atoms with van der Waals surface area (Å²) in [4.78, 5) is 22.3. The number of nitrogens with two attached hydrogens (primary N) is 1. The predicted molar refractivity (Wildman–Crippen MR) is 126 cm³/mol. The van der Waals surface area contributed by atoms with Gasteiger partial charge in [0.25, 0.3) is 5.91 Å². The monoisotopic (exact) mass is 485 g/mol. The summed E-state index contributed by atoms with van der Waals surface area (Å²) in [6.45, 7) is 0.879. The van der Waals surface area contributed by atoms with Gasteiger partial charge in [0.1, 0.15) is 24.3 Å². The molecule has 1 fully saturated rings. The summed E-state index contributed by atoms with van der Waals surface area (Å²) < 4.78 is 17.2. The molecule has 9 nitrogen and oxygen atoms in total. The zero-order valence-corrected chi connectivity index (χ0v) is 19.6. The van der Waals surface area contributed by atoms with Gasteiger partial charge in [-0.1, -0.05) is 11.6 Å². The highest BCUT2D eigenvalue weighted by atomic mass is 35.5. The van der Waals surface area contributed by atoms with Crippen molar-refractivity contribution in [2.24, 2.45) is 0 Å². The van der Waals surface area contributed by atoms with Crippen molar-refractivity contribution < 1.29 is 14.3 Å². The van der Waals surface area contributed by atoms with Gasteiger partial charge in [-0.15, -0.1) is 0 Å². The Balaban J connectivity index is 1.56. The molecule has 1 amide bonds. The lowest BCUT2D eigenvalue weighted by atomic mass is 9.79. The molecule has 0 radical (unpaired) electrons. The van der Waals surface area contributed by atoms with Crippen LogP contribution in [0.3, 0.4) is 0 Å². The lowest BCUT2D eigenvalue weighted by molar-refractivity contribution is 0.0210. The number of amides is 1. The van der Waals surface area contributed by atoms with Crippen LogP contribution in [0.2, 0.25) is 5.02 Å². The number of rotatable bonds is 4. The second-order valence-corrected chi connectivity index (χ2v) is 9.81. The summed E-state index contributed by atoms with van der Waals surface area (Å²) in [5.74, 6) is -0.648. The molecule has 2 aliphatic rings. The van der Waals surface area contributed by atoms with Crippen LogP contribution in [0, 0.1) is 5.82 Å². The number of carbonyl (C=O) groups is 1. The second kappa shape index (κ2) is 7.92. The summed E-state index contributed by atoms with van der Waals surface area (Å²) in [7, 11) is 3.07. The van der Waals surface area contributed by atoms with E-state index in [9.17, 15) is 9.90 Å². The standard InChI is InChI=1S/C23H25ClFN7O2/c1-31(2)21(33)16-15(26)4-3-13(19(16)25)14-7-28-20-17(18(14)24)22(9-29-20)5-6-23(34,8-22)10-32-12-27-11-30-32/h3-4,7,11-12,34H,5-6,8-10,26H2,1-2H3,(H,28,29)/t22-,23+/m1/s1. The molecular formula is C23H25ClFN7O2. The number of fused-ring (bicyclic) bond motifs is 2. The highest BCUT2D eigenvalue weighted by Crippen LogP contribution is 2.55. The minimum atomic E-state index is -0.992. The van der Waals surface area contributed by atoms with Gasteiger partial charge in [-0.3, -0.25) is 9.48 Å². The molecule has 4 N–H and O–H groups in total. The number of carbonyl (C=O) groups excluding carboxylic acids is 1. The summed E-state index contributed by atoms with van der Waals surface area (Å²) in [6, 6.07) is 3.01. The molecule has 1 saturated carbocycles. The summed E-state index contributed by atoms with van der Waals surface area (Å²) in [5, 5.41) is 19.1. The Labute approximate surface area is 200 Å². The first-order valence-corrected chi connectivity index (χ1v) is 11.3. The molecule has 0 saturated heterocycles. The fraction of sp³-hybridized carbons (Fsp3) is 0.391. The number of aliphatic hydroxyl groups is 1. The zero-order chi connectivity index (χ0) is 24.3. The zero-order valence-electron chi connectivity index (χ0n) is 18.8. The maximum absolute atomic E-state index is 15.6. The minimum absolute atomic E-state index is 0.0531. The molecule has 1 aliphatic carbocycles. The van der Waals surface area contributed by atoms with E-state index >= 15 is 4.39 Å². The van der Waals surface area contributed by atoms with Gasteiger partial charge in [0.05, 0.1) is 22.7 Å². The van der Waals surface area contributed by atoms with Gasteiger partial charge in [-0.2, -0.15) is 5.10 Å². The predicted octanol–water partition coefficient (Wildman–Crippen LogP) is 2.70. The third kappa shape index (κ3) is 3.48. The van der Waals surface area contributed by atoms with Gasteiger partial charge in [-0.25, -0.2) is 14.4 Å². The van der Waals surface area contributed by atoms with Crippen LogP contribution in [0.15, 0.2) is 31.0 Å². The summed E-state index contributed by atoms with van der Waals surface area (Å²) in [6.07, 6.45) is 6.18. The van der Waals surface area contributed by atoms with Crippen molar-refractivity contribution in [3.05, 3.63) is 53.0 Å². The number of nitrogen functional groups attached to an aromatic ring is 1. The van der Waals surface area contributed by atoms with Crippen LogP contribution in [0.25, 0.3) is 11.1 Å². The Hall–Kier alpha value is -3.24. The molecule has 3 aromatic rings. The highest BCUT2D eigenvalue weighted by molar-refractivity contribution is 6.34. The molecule has 1 spiro atoms. The quantitative estimate of drug-likeness (QED) is 0.485. The van der Waals surface area contributed by atoms with Crippen molar-refractivity contribution >= 4 is 29.0 Å². The molecule has 178 valence electrons. The van der Waals surface area contributed by atoms with Crippen LogP contribution in [0.5, 0.6) is 0 Å². The van der Waals surface area contributed by atoms with Crippen LogP contribution in [0.4, 0.5) is 15.9 Å². The number of aromatic nitrogens is 4. The van der Waals surface area contributed by atoms with Crippen molar-refractivity contribution in [3.63, 3.8) is 0 Å². The van der Waals surface area contributed by atoms with E-state index in [-0.39, 0.29) is 16.8 Å². The van der Waals surface area contributed by atoms with E-state index in [1.54, 1.807) is 11.0 Å². The third-order valence-electron chi connectivity index (χ3n) is 6.88. The first-order chi connectivity index (χ1) is 16.1. The Bertz CT molecular complexity index is 1280. The normalized spacial score (nSPS) is 23.2. The van der Waals surface area contributed by atoms with Crippen LogP contribution in [-0.2, 0) is 12.0 Å². The van der Waals surface area contributed by atoms with E-state index in [0.717, 1.165) is 5.56 Å². The van der Waals surface area contributed by atoms with E-state index in [1.807, 2.05) is 0 Å². The van der Waals surface area contributed by atoms with Crippen molar-refractivity contribution in [3.8, 4) is 11.1 Å². The van der Waals surface area contributed by atoms with E-state index in [0.29, 0.717) is 48.8 Å². The largest absolute Gasteiger partial charge is 0.398 e. The molecule has 11 heteroatoms. The van der Waals surface area contributed by atoms with Gasteiger partial charge in [0.15, 0.2) is 0 Å². The van der Waals surface area contributed by atoms with Crippen molar-refractivity contribution in [2.45, 2.75) is 36.8 Å². The number of hydrogen-bond donors (Lipinski definition) is 3. The van der Waals surface area contributed by atoms with Gasteiger partial charge in [-0.05, 0) is 31.4 Å². The fourth-order valence-electron chi connectivity index (χ4n) is 5.27. The van der Waals surface area contributed by atoms with E-state index < -0.39 is 22.7 Å². The maximum Gasteiger partial charge on any atom is 0.258 e. The molecule has 0 bridgehead atoms. The number of anilines is 2. The van der Waals surface area contributed by atoms with Gasteiger partial charge >= 0.3 is 0 Å². The van der Waals surface area contributed by atoms with Gasteiger partial charge in [0, 0.05) is 54.6 Å². The number of nitrogens with zero attached hydrogens (tertiary/aromatic N) is 5. The van der Waals surface area contributed by atoms with Crippen LogP contribution < -0.4 is 11.1 Å². The minimum Gasteiger partial charge on any atom is -0.398 e. The molecule has 1 aromatic carbocycles. The first-order valence-electron chi connectivity index (χ1n) is 10.9. The SMILES string of the molecule is CN(C)C(=O)c1c(N)ccc(-c2cnc3c(c2Cl)[C@@]2(CC[C@@](O)(Cn4cncn4)C2)CN3)c1F. The van der Waals surface area contributed by atoms with Crippen molar-refractivity contribution in [1.82, 2.24) is 24.6 Å². The smallest absolute Gasteiger partial charge is 0.258 e. The van der Waals surface area contributed by atoms with Crippen LogP contribution >= 0.6 is 11.6 Å². The Morgan fingerprint density at radius 3 is 2.85 bits per heavy atom. The Morgan fingerprint density at radius 1 is 1.35 bits per heavy atom. The number of benzene rings is 1. The molecular weight excluding hydrogens is 461 g/mol. The number of halogens is 2. The summed E-state index contributed by atoms with van der Waals surface area (Å²) in [5.41, 5.74) is 5.62. The van der Waals surface area contributed by atoms with Crippen LogP contribution in [0.1, 0.15) is 35.2 Å².